The van der Waals surface area contributed by atoms with Gasteiger partial charge in [0.2, 0.25) is 0 Å². The van der Waals surface area contributed by atoms with Crippen molar-refractivity contribution in [3.8, 4) is 0 Å². The van der Waals surface area contributed by atoms with E-state index in [1.165, 1.54) is 116 Å². The number of unbranched alkanes of at least 4 members (excludes halogenated alkanes) is 21. The molecule has 0 fully saturated rings. The monoisotopic (exact) mass is 788 g/mol. The number of thiol groups is 3. The summed E-state index contributed by atoms with van der Waals surface area (Å²) in [4.78, 5) is 30.6. The molecule has 0 spiro atoms. The fourth-order valence-corrected chi connectivity index (χ4v) is 5.50. The molecule has 0 radical (unpaired) electrons. The van der Waals surface area contributed by atoms with Crippen LogP contribution in [0, 0.1) is 5.41 Å². The van der Waals surface area contributed by atoms with Gasteiger partial charge in [0, 0.05) is 24.7 Å². The largest absolute Gasteiger partial charge is 0.481 e. The Morgan fingerprint density at radius 1 is 0.373 bits per heavy atom. The van der Waals surface area contributed by atoms with E-state index in [4.69, 9.17) is 30.6 Å². The van der Waals surface area contributed by atoms with Crippen LogP contribution in [0.2, 0.25) is 0 Å². The highest BCUT2D eigenvalue weighted by Crippen LogP contribution is 2.18. The lowest BCUT2D eigenvalue weighted by molar-refractivity contribution is -0.138. The van der Waals surface area contributed by atoms with Gasteiger partial charge in [0.05, 0.1) is 19.8 Å². The molecule has 9 nitrogen and oxygen atoms in total. The van der Waals surface area contributed by atoms with Crippen molar-refractivity contribution in [2.45, 2.75) is 187 Å². The van der Waals surface area contributed by atoms with Crippen LogP contribution in [-0.2, 0) is 14.4 Å². The minimum absolute atomic E-state index is 0.156. The van der Waals surface area contributed by atoms with Gasteiger partial charge >= 0.3 is 17.9 Å². The molecular formula is C39H80O9S3. The smallest absolute Gasteiger partial charge is 0.303 e. The third-order valence-corrected chi connectivity index (χ3v) is 9.60. The molecule has 0 unspecified atom stereocenters. The Hall–Kier alpha value is -0.660. The highest BCUT2D eigenvalue weighted by atomic mass is 32.1. The lowest BCUT2D eigenvalue weighted by atomic mass is 9.88. The summed E-state index contributed by atoms with van der Waals surface area (Å²) in [5, 5.41) is 51.2. The molecule has 0 aliphatic heterocycles. The quantitative estimate of drug-likeness (QED) is 0.0227. The number of carboxylic acid groups (broad SMARTS) is 3. The zero-order chi connectivity index (χ0) is 39.3. The van der Waals surface area contributed by atoms with E-state index in [-0.39, 0.29) is 19.8 Å². The highest BCUT2D eigenvalue weighted by Gasteiger charge is 2.24. The summed E-state index contributed by atoms with van der Waals surface area (Å²) in [5.74, 6) is 0.992. The number of rotatable bonds is 34. The SMILES string of the molecule is CCC(CO)(CO)CO.O=C(O)CCCCCCCCCCS.O=C(O)CCCCCCCCCCS.O=C(O)CCCCCCCCCCS. The van der Waals surface area contributed by atoms with Crippen molar-refractivity contribution < 1.29 is 45.0 Å². The van der Waals surface area contributed by atoms with Gasteiger partial charge < -0.3 is 30.6 Å². The minimum atomic E-state index is -0.668. The maximum Gasteiger partial charge on any atom is 0.303 e. The Labute approximate surface area is 328 Å². The van der Waals surface area contributed by atoms with E-state index in [0.717, 1.165) is 55.8 Å². The van der Waals surface area contributed by atoms with Crippen LogP contribution in [0.4, 0.5) is 0 Å². The molecule has 12 heteroatoms. The first-order chi connectivity index (χ1) is 24.6. The molecule has 0 aliphatic rings. The first-order valence-electron chi connectivity index (χ1n) is 19.9. The van der Waals surface area contributed by atoms with Gasteiger partial charge in [0.25, 0.3) is 0 Å². The van der Waals surface area contributed by atoms with Crippen LogP contribution in [0.25, 0.3) is 0 Å². The Bertz CT molecular complexity index is 618. The molecular weight excluding hydrogens is 709 g/mol. The normalized spacial score (nSPS) is 10.6. The first-order valence-corrected chi connectivity index (χ1v) is 21.8. The van der Waals surface area contributed by atoms with Crippen LogP contribution in [0.5, 0.6) is 0 Å². The third kappa shape index (κ3) is 56.2. The average molecular weight is 789 g/mol. The van der Waals surface area contributed by atoms with Crippen LogP contribution >= 0.6 is 37.9 Å². The average Bonchev–Trinajstić information content (AvgIpc) is 3.11. The van der Waals surface area contributed by atoms with Gasteiger partial charge in [-0.05, 0) is 62.2 Å². The molecule has 0 saturated heterocycles. The summed E-state index contributed by atoms with van der Waals surface area (Å²) >= 11 is 12.5. The van der Waals surface area contributed by atoms with Crippen LogP contribution < -0.4 is 0 Å². The molecule has 51 heavy (non-hydrogen) atoms. The van der Waals surface area contributed by atoms with Gasteiger partial charge in [0.15, 0.2) is 0 Å². The molecule has 0 aromatic carbocycles. The van der Waals surface area contributed by atoms with Gasteiger partial charge in [-0.2, -0.15) is 37.9 Å². The van der Waals surface area contributed by atoms with E-state index >= 15 is 0 Å². The lowest BCUT2D eigenvalue weighted by Crippen LogP contribution is -2.32. The molecule has 0 aliphatic carbocycles. The van der Waals surface area contributed by atoms with Crippen LogP contribution in [-0.4, -0.2) is 85.6 Å². The Morgan fingerprint density at radius 2 is 0.549 bits per heavy atom. The van der Waals surface area contributed by atoms with Crippen molar-refractivity contribution in [2.24, 2.45) is 5.41 Å². The second-order valence-corrected chi connectivity index (χ2v) is 14.8. The zero-order valence-corrected chi connectivity index (χ0v) is 35.0. The fraction of sp³-hybridized carbons (Fsp3) is 0.923. The number of aliphatic carboxylic acids is 3. The van der Waals surface area contributed by atoms with Crippen LogP contribution in [0.3, 0.4) is 0 Å². The summed E-state index contributed by atoms with van der Waals surface area (Å²) in [6.07, 6.45) is 30.0. The van der Waals surface area contributed by atoms with E-state index in [9.17, 15) is 14.4 Å². The molecule has 0 bridgehead atoms. The van der Waals surface area contributed by atoms with Crippen molar-refractivity contribution in [1.82, 2.24) is 0 Å². The minimum Gasteiger partial charge on any atom is -0.481 e. The number of hydrogen-bond donors (Lipinski definition) is 9. The Kier molecular flexibility index (Phi) is 55.2. The number of aliphatic hydroxyl groups excluding tert-OH is 3. The van der Waals surface area contributed by atoms with Crippen LogP contribution in [0.15, 0.2) is 0 Å². The molecule has 0 amide bonds. The van der Waals surface area contributed by atoms with Gasteiger partial charge in [-0.15, -0.1) is 0 Å². The fourth-order valence-electron chi connectivity index (χ4n) is 4.83. The van der Waals surface area contributed by atoms with E-state index in [0.29, 0.717) is 25.7 Å². The maximum atomic E-state index is 10.2. The first kappa shape index (κ1) is 57.1. The number of hydrogen-bond acceptors (Lipinski definition) is 9. The van der Waals surface area contributed by atoms with Gasteiger partial charge in [0.1, 0.15) is 0 Å². The number of carbonyl (C=O) groups is 3. The lowest BCUT2D eigenvalue weighted by Gasteiger charge is -2.24. The van der Waals surface area contributed by atoms with Crippen LogP contribution in [0.1, 0.15) is 187 Å². The summed E-state index contributed by atoms with van der Waals surface area (Å²) < 4.78 is 0. The topological polar surface area (TPSA) is 173 Å². The second kappa shape index (κ2) is 49.3. The number of aliphatic hydroxyl groups is 3. The van der Waals surface area contributed by atoms with Crippen molar-refractivity contribution in [3.63, 3.8) is 0 Å². The van der Waals surface area contributed by atoms with E-state index in [1.54, 1.807) is 0 Å². The molecule has 6 N–H and O–H groups in total. The molecule has 0 atom stereocenters. The standard InChI is InChI=1S/3C11H22O2S.C6H14O3/c3*12-11(13)9-7-5-3-1-2-4-6-8-10-14;1-2-6(3-7,4-8)5-9/h3*14H,1-10H2,(H,12,13);7-9H,2-5H2,1H3. The molecule has 0 aromatic rings. The van der Waals surface area contributed by atoms with Gasteiger partial charge in [-0.3, -0.25) is 14.4 Å². The highest BCUT2D eigenvalue weighted by molar-refractivity contribution is 7.80. The summed E-state index contributed by atoms with van der Waals surface area (Å²) in [6.45, 7) is 1.35. The van der Waals surface area contributed by atoms with Gasteiger partial charge in [-0.1, -0.05) is 122 Å². The van der Waals surface area contributed by atoms with E-state index in [1.807, 2.05) is 6.92 Å². The Balaban J connectivity index is -0.000000292. The number of carboxylic acids is 3. The Morgan fingerprint density at radius 3 is 0.667 bits per heavy atom. The zero-order valence-electron chi connectivity index (χ0n) is 32.3. The third-order valence-electron chi connectivity index (χ3n) is 8.65. The molecule has 0 rings (SSSR count). The van der Waals surface area contributed by atoms with Crippen molar-refractivity contribution in [1.29, 1.82) is 0 Å². The molecule has 0 saturated carbocycles. The van der Waals surface area contributed by atoms with Crippen molar-refractivity contribution >= 4 is 55.8 Å². The van der Waals surface area contributed by atoms with Crippen molar-refractivity contribution in [3.05, 3.63) is 0 Å². The van der Waals surface area contributed by atoms with Gasteiger partial charge in [-0.25, -0.2) is 0 Å². The predicted octanol–water partition coefficient (Wildman–Crippen LogP) is 9.89. The summed E-state index contributed by atoms with van der Waals surface area (Å²) in [6, 6.07) is 0. The maximum absolute atomic E-state index is 10.2. The molecule has 0 aromatic heterocycles. The molecule has 308 valence electrons. The predicted molar refractivity (Wildman–Crippen MR) is 223 cm³/mol. The summed E-state index contributed by atoms with van der Waals surface area (Å²) in [7, 11) is 0. The van der Waals surface area contributed by atoms with E-state index in [2.05, 4.69) is 37.9 Å². The van der Waals surface area contributed by atoms with E-state index < -0.39 is 23.3 Å². The summed E-state index contributed by atoms with van der Waals surface area (Å²) in [5.41, 5.74) is -0.667. The second-order valence-electron chi connectivity index (χ2n) is 13.4. The van der Waals surface area contributed by atoms with Crippen molar-refractivity contribution in [2.75, 3.05) is 37.1 Å². The molecule has 0 heterocycles.